The SMILES string of the molecule is COC(=O)CS(=O)(=O)NCc1ccc(C(=O)O)nc1. The Hall–Kier alpha value is -2.00. The van der Waals surface area contributed by atoms with Gasteiger partial charge in [0.1, 0.15) is 5.69 Å². The van der Waals surface area contributed by atoms with E-state index in [2.05, 4.69) is 14.4 Å². The number of aromatic carboxylic acids is 1. The van der Waals surface area contributed by atoms with Crippen LogP contribution in [0.1, 0.15) is 16.1 Å². The van der Waals surface area contributed by atoms with Crippen molar-refractivity contribution in [2.75, 3.05) is 12.9 Å². The van der Waals surface area contributed by atoms with Crippen LogP contribution in [0, 0.1) is 0 Å². The molecule has 1 aromatic heterocycles. The summed E-state index contributed by atoms with van der Waals surface area (Å²) in [5, 5.41) is 8.64. The lowest BCUT2D eigenvalue weighted by molar-refractivity contribution is -0.137. The van der Waals surface area contributed by atoms with E-state index in [1.807, 2.05) is 0 Å². The zero-order valence-electron chi connectivity index (χ0n) is 9.99. The number of nitrogens with one attached hydrogen (secondary N) is 1. The van der Waals surface area contributed by atoms with Gasteiger partial charge in [-0.2, -0.15) is 0 Å². The number of carbonyl (C=O) groups is 2. The Kier molecular flexibility index (Phi) is 4.95. The molecule has 2 N–H and O–H groups in total. The van der Waals surface area contributed by atoms with Crippen molar-refractivity contribution in [1.82, 2.24) is 9.71 Å². The van der Waals surface area contributed by atoms with Gasteiger partial charge in [0.25, 0.3) is 0 Å². The Bertz CT molecular complexity index is 566. The van der Waals surface area contributed by atoms with E-state index in [1.54, 1.807) is 0 Å². The van der Waals surface area contributed by atoms with Gasteiger partial charge < -0.3 is 9.84 Å². The standard InChI is InChI=1S/C10H12N2O6S/c1-18-9(13)6-19(16,17)12-5-7-2-3-8(10(14)15)11-4-7/h2-4,12H,5-6H2,1H3,(H,14,15). The highest BCUT2D eigenvalue weighted by molar-refractivity contribution is 7.90. The summed E-state index contributed by atoms with van der Waals surface area (Å²) in [5.41, 5.74) is 0.333. The Labute approximate surface area is 109 Å². The molecule has 0 atom stereocenters. The minimum atomic E-state index is -3.79. The summed E-state index contributed by atoms with van der Waals surface area (Å²) in [4.78, 5) is 25.0. The average Bonchev–Trinajstić information content (AvgIpc) is 2.36. The van der Waals surface area contributed by atoms with E-state index in [0.29, 0.717) is 5.56 Å². The van der Waals surface area contributed by atoms with Gasteiger partial charge in [-0.1, -0.05) is 6.07 Å². The fourth-order valence-corrected chi connectivity index (χ4v) is 2.03. The van der Waals surface area contributed by atoms with E-state index in [4.69, 9.17) is 5.11 Å². The van der Waals surface area contributed by atoms with E-state index < -0.39 is 27.7 Å². The first-order valence-corrected chi connectivity index (χ1v) is 6.71. The van der Waals surface area contributed by atoms with Crippen LogP contribution in [0.25, 0.3) is 0 Å². The minimum absolute atomic E-state index is 0.0910. The molecule has 104 valence electrons. The van der Waals surface area contributed by atoms with Crippen molar-refractivity contribution in [2.24, 2.45) is 0 Å². The van der Waals surface area contributed by atoms with Gasteiger partial charge in [-0.3, -0.25) is 4.79 Å². The molecule has 0 aliphatic carbocycles. The largest absolute Gasteiger partial charge is 0.477 e. The molecule has 0 saturated heterocycles. The molecule has 0 bridgehead atoms. The third-order valence-corrected chi connectivity index (χ3v) is 3.28. The number of rotatable bonds is 6. The van der Waals surface area contributed by atoms with Crippen molar-refractivity contribution in [3.8, 4) is 0 Å². The number of hydrogen-bond donors (Lipinski definition) is 2. The number of methoxy groups -OCH3 is 1. The molecule has 0 fully saturated rings. The highest BCUT2D eigenvalue weighted by atomic mass is 32.2. The van der Waals surface area contributed by atoms with Crippen molar-refractivity contribution in [1.29, 1.82) is 0 Å². The van der Waals surface area contributed by atoms with Crippen molar-refractivity contribution in [3.63, 3.8) is 0 Å². The predicted molar refractivity (Wildman–Crippen MR) is 63.8 cm³/mol. The van der Waals surface area contributed by atoms with Crippen LogP contribution < -0.4 is 4.72 Å². The lowest BCUT2D eigenvalue weighted by Gasteiger charge is -2.05. The third kappa shape index (κ3) is 5.02. The zero-order valence-corrected chi connectivity index (χ0v) is 10.8. The molecule has 0 aliphatic heterocycles. The quantitative estimate of drug-likeness (QED) is 0.668. The fraction of sp³-hybridized carbons (Fsp3) is 0.300. The van der Waals surface area contributed by atoms with Crippen LogP contribution in [-0.4, -0.2) is 43.3 Å². The molecule has 0 spiro atoms. The number of carboxylic acids is 1. The second-order valence-corrected chi connectivity index (χ2v) is 5.32. The molecule has 1 rings (SSSR count). The third-order valence-electron chi connectivity index (χ3n) is 2.08. The molecular formula is C10H12N2O6S. The fourth-order valence-electron chi connectivity index (χ4n) is 1.11. The summed E-state index contributed by atoms with van der Waals surface area (Å²) in [6.45, 7) is -0.0910. The summed E-state index contributed by atoms with van der Waals surface area (Å²) in [6, 6.07) is 2.68. The maximum atomic E-state index is 11.4. The lowest BCUT2D eigenvalue weighted by atomic mass is 10.2. The maximum Gasteiger partial charge on any atom is 0.354 e. The molecule has 0 aliphatic rings. The van der Waals surface area contributed by atoms with Crippen LogP contribution in [-0.2, 0) is 26.1 Å². The number of carbonyl (C=O) groups excluding carboxylic acids is 1. The number of aromatic nitrogens is 1. The summed E-state index contributed by atoms with van der Waals surface area (Å²) in [7, 11) is -2.70. The van der Waals surface area contributed by atoms with Gasteiger partial charge in [0.2, 0.25) is 10.0 Å². The molecule has 1 aromatic rings. The minimum Gasteiger partial charge on any atom is -0.477 e. The average molecular weight is 288 g/mol. The van der Waals surface area contributed by atoms with E-state index in [-0.39, 0.29) is 12.2 Å². The van der Waals surface area contributed by atoms with Gasteiger partial charge in [-0.15, -0.1) is 0 Å². The molecule has 0 saturated carbocycles. The van der Waals surface area contributed by atoms with Gasteiger partial charge >= 0.3 is 11.9 Å². The summed E-state index contributed by atoms with van der Waals surface area (Å²) < 4.78 is 29.3. The van der Waals surface area contributed by atoms with Crippen LogP contribution in [0.5, 0.6) is 0 Å². The Morgan fingerprint density at radius 3 is 2.58 bits per heavy atom. The number of pyridine rings is 1. The number of hydrogen-bond acceptors (Lipinski definition) is 6. The van der Waals surface area contributed by atoms with E-state index in [0.717, 1.165) is 7.11 Å². The van der Waals surface area contributed by atoms with Crippen LogP contribution in [0.15, 0.2) is 18.3 Å². The van der Waals surface area contributed by atoms with Crippen molar-refractivity contribution in [3.05, 3.63) is 29.6 Å². The van der Waals surface area contributed by atoms with Gasteiger partial charge in [0.15, 0.2) is 5.75 Å². The lowest BCUT2D eigenvalue weighted by Crippen LogP contribution is -2.30. The number of carboxylic acid groups (broad SMARTS) is 1. The second-order valence-electron chi connectivity index (χ2n) is 3.51. The van der Waals surface area contributed by atoms with Crippen molar-refractivity contribution in [2.45, 2.75) is 6.54 Å². The molecule has 0 aromatic carbocycles. The molecular weight excluding hydrogens is 276 g/mol. The number of nitrogens with zero attached hydrogens (tertiary/aromatic N) is 1. The van der Waals surface area contributed by atoms with Crippen LogP contribution in [0.2, 0.25) is 0 Å². The smallest absolute Gasteiger partial charge is 0.354 e. The monoisotopic (exact) mass is 288 g/mol. The molecule has 0 unspecified atom stereocenters. The highest BCUT2D eigenvalue weighted by Crippen LogP contribution is 2.01. The molecule has 0 radical (unpaired) electrons. The van der Waals surface area contributed by atoms with Crippen molar-refractivity contribution < 1.29 is 27.9 Å². The molecule has 1 heterocycles. The molecule has 8 nitrogen and oxygen atoms in total. The van der Waals surface area contributed by atoms with Crippen molar-refractivity contribution >= 4 is 22.0 Å². The Morgan fingerprint density at radius 2 is 2.11 bits per heavy atom. The maximum absolute atomic E-state index is 11.4. The van der Waals surface area contributed by atoms with Crippen LogP contribution in [0.3, 0.4) is 0 Å². The number of esters is 1. The first kappa shape index (κ1) is 15.1. The molecule has 9 heteroatoms. The first-order valence-electron chi connectivity index (χ1n) is 5.06. The van der Waals surface area contributed by atoms with E-state index >= 15 is 0 Å². The summed E-state index contributed by atoms with van der Waals surface area (Å²) in [6.07, 6.45) is 1.24. The topological polar surface area (TPSA) is 123 Å². The Morgan fingerprint density at radius 1 is 1.42 bits per heavy atom. The van der Waals surface area contributed by atoms with Crippen LogP contribution in [0.4, 0.5) is 0 Å². The second kappa shape index (κ2) is 6.25. The number of ether oxygens (including phenoxy) is 1. The van der Waals surface area contributed by atoms with Crippen LogP contribution >= 0.6 is 0 Å². The summed E-state index contributed by atoms with van der Waals surface area (Å²) >= 11 is 0. The van der Waals surface area contributed by atoms with Gasteiger partial charge in [0.05, 0.1) is 7.11 Å². The normalized spacial score (nSPS) is 11.0. The van der Waals surface area contributed by atoms with E-state index in [9.17, 15) is 18.0 Å². The van der Waals surface area contributed by atoms with Gasteiger partial charge in [-0.25, -0.2) is 22.9 Å². The molecule has 0 amide bonds. The van der Waals surface area contributed by atoms with E-state index in [1.165, 1.54) is 18.3 Å². The first-order chi connectivity index (χ1) is 8.84. The molecule has 19 heavy (non-hydrogen) atoms. The summed E-state index contributed by atoms with van der Waals surface area (Å²) in [5.74, 6) is -2.81. The highest BCUT2D eigenvalue weighted by Gasteiger charge is 2.16. The zero-order chi connectivity index (χ0) is 14.5. The van der Waals surface area contributed by atoms with Gasteiger partial charge in [-0.05, 0) is 11.6 Å². The van der Waals surface area contributed by atoms with Gasteiger partial charge in [0, 0.05) is 12.7 Å². The number of sulfonamides is 1. The Balaban J connectivity index is 2.61. The predicted octanol–water partition coefficient (Wildman–Crippen LogP) is -0.628.